The Kier molecular flexibility index (Phi) is 10.9. The van der Waals surface area contributed by atoms with Gasteiger partial charge in [-0.15, -0.1) is 0 Å². The number of guanidine groups is 1. The van der Waals surface area contributed by atoms with E-state index in [1.807, 2.05) is 13.0 Å². The van der Waals surface area contributed by atoms with Crippen LogP contribution in [0, 0.1) is 5.92 Å². The predicted octanol–water partition coefficient (Wildman–Crippen LogP) is 2.60. The molecule has 152 valence electrons. The predicted molar refractivity (Wildman–Crippen MR) is 107 cm³/mol. The van der Waals surface area contributed by atoms with Crippen LogP contribution >= 0.6 is 0 Å². The molecule has 1 rings (SSSR count). The molecule has 0 aliphatic heterocycles. The Balaban J connectivity index is 2.62. The van der Waals surface area contributed by atoms with E-state index >= 15 is 0 Å². The summed E-state index contributed by atoms with van der Waals surface area (Å²) in [6.45, 7) is 9.79. The van der Waals surface area contributed by atoms with E-state index in [9.17, 15) is 4.79 Å². The van der Waals surface area contributed by atoms with E-state index < -0.39 is 5.97 Å². The summed E-state index contributed by atoms with van der Waals surface area (Å²) in [5.74, 6) is 1.35. The van der Waals surface area contributed by atoms with Crippen molar-refractivity contribution in [1.29, 1.82) is 0 Å². The first-order valence-corrected chi connectivity index (χ1v) is 9.36. The smallest absolute Gasteiger partial charge is 0.341 e. The topological polar surface area (TPSA) is 81.2 Å². The van der Waals surface area contributed by atoms with Gasteiger partial charge in [-0.25, -0.2) is 9.79 Å². The van der Waals surface area contributed by atoms with E-state index in [0.717, 1.165) is 44.2 Å². The number of nitrogens with zero attached hydrogens (tertiary/aromatic N) is 1. The van der Waals surface area contributed by atoms with Crippen LogP contribution in [0.25, 0.3) is 0 Å². The number of benzene rings is 1. The lowest BCUT2D eigenvalue weighted by atomic mass is 10.1. The molecule has 0 amide bonds. The highest BCUT2D eigenvalue weighted by Crippen LogP contribution is 2.21. The summed E-state index contributed by atoms with van der Waals surface area (Å²) in [7, 11) is 2.88. The standard InChI is InChI=1S/C20H33N3O4/c1-6-21-20(22-10-7-11-27-14-15(2)3)23-13-16-8-9-18(25-4)17(12-16)19(24)26-5/h8-9,12,15H,6-7,10-11,13-14H2,1-5H3,(H2,21,22,23). The maximum Gasteiger partial charge on any atom is 0.341 e. The quantitative estimate of drug-likeness (QED) is 0.266. The van der Waals surface area contributed by atoms with Crippen LogP contribution in [-0.4, -0.2) is 52.5 Å². The SMILES string of the molecule is CCNC(=NCc1ccc(OC)c(C(=O)OC)c1)NCCCOCC(C)C. The summed E-state index contributed by atoms with van der Waals surface area (Å²) in [5.41, 5.74) is 1.29. The normalized spacial score (nSPS) is 11.4. The summed E-state index contributed by atoms with van der Waals surface area (Å²) in [6.07, 6.45) is 0.909. The van der Waals surface area contributed by atoms with E-state index in [2.05, 4.69) is 29.5 Å². The molecule has 0 atom stereocenters. The van der Waals surface area contributed by atoms with Crippen LogP contribution in [0.5, 0.6) is 5.75 Å². The molecule has 2 N–H and O–H groups in total. The molecule has 1 aromatic rings. The van der Waals surface area contributed by atoms with Crippen LogP contribution in [-0.2, 0) is 16.0 Å². The average molecular weight is 380 g/mol. The Morgan fingerprint density at radius 2 is 2.00 bits per heavy atom. The van der Waals surface area contributed by atoms with Crippen LogP contribution < -0.4 is 15.4 Å². The van der Waals surface area contributed by atoms with Crippen molar-refractivity contribution < 1.29 is 19.0 Å². The second-order valence-corrected chi connectivity index (χ2v) is 6.47. The molecule has 7 nitrogen and oxygen atoms in total. The Labute approximate surface area is 162 Å². The first kappa shape index (κ1) is 22.8. The third-order valence-corrected chi connectivity index (χ3v) is 3.64. The van der Waals surface area contributed by atoms with Crippen LogP contribution in [0.2, 0.25) is 0 Å². The van der Waals surface area contributed by atoms with Gasteiger partial charge in [-0.05, 0) is 37.0 Å². The van der Waals surface area contributed by atoms with Gasteiger partial charge in [0.2, 0.25) is 0 Å². The highest BCUT2D eigenvalue weighted by molar-refractivity contribution is 5.92. The molecule has 0 radical (unpaired) electrons. The van der Waals surface area contributed by atoms with Gasteiger partial charge >= 0.3 is 5.97 Å². The van der Waals surface area contributed by atoms with Crippen LogP contribution in [0.3, 0.4) is 0 Å². The molecule has 0 fully saturated rings. The summed E-state index contributed by atoms with van der Waals surface area (Å²) in [6, 6.07) is 5.39. The number of nitrogens with one attached hydrogen (secondary N) is 2. The third-order valence-electron chi connectivity index (χ3n) is 3.64. The number of aliphatic imine (C=N–C) groups is 1. The molecule has 0 spiro atoms. The number of rotatable bonds is 11. The van der Waals surface area contributed by atoms with Gasteiger partial charge < -0.3 is 24.8 Å². The second kappa shape index (κ2) is 13.0. The Hall–Kier alpha value is -2.28. The minimum absolute atomic E-state index is 0.396. The van der Waals surface area contributed by atoms with E-state index in [4.69, 9.17) is 14.2 Å². The lowest BCUT2D eigenvalue weighted by molar-refractivity contribution is 0.0597. The van der Waals surface area contributed by atoms with Crippen LogP contribution in [0.4, 0.5) is 0 Å². The molecule has 0 saturated heterocycles. The fraction of sp³-hybridized carbons (Fsp3) is 0.600. The lowest BCUT2D eigenvalue weighted by Crippen LogP contribution is -2.38. The van der Waals surface area contributed by atoms with Gasteiger partial charge in [0.15, 0.2) is 5.96 Å². The zero-order valence-corrected chi connectivity index (χ0v) is 17.1. The van der Waals surface area contributed by atoms with Crippen LogP contribution in [0.15, 0.2) is 23.2 Å². The van der Waals surface area contributed by atoms with Gasteiger partial charge in [0.25, 0.3) is 0 Å². The lowest BCUT2D eigenvalue weighted by Gasteiger charge is -2.12. The summed E-state index contributed by atoms with van der Waals surface area (Å²) in [5, 5.41) is 6.51. The molecule has 27 heavy (non-hydrogen) atoms. The van der Waals surface area contributed by atoms with Crippen molar-refractivity contribution in [2.45, 2.75) is 33.7 Å². The van der Waals surface area contributed by atoms with Gasteiger partial charge in [-0.1, -0.05) is 19.9 Å². The van der Waals surface area contributed by atoms with Gasteiger partial charge in [0.05, 0.1) is 20.8 Å². The van der Waals surface area contributed by atoms with Crippen molar-refractivity contribution in [2.75, 3.05) is 40.5 Å². The molecular formula is C20H33N3O4. The van der Waals surface area contributed by atoms with Gasteiger partial charge in [0, 0.05) is 26.3 Å². The molecule has 0 bridgehead atoms. The first-order chi connectivity index (χ1) is 13.0. The van der Waals surface area contributed by atoms with E-state index in [1.165, 1.54) is 14.2 Å². The molecule has 0 aliphatic carbocycles. The van der Waals surface area contributed by atoms with Gasteiger partial charge in [-0.2, -0.15) is 0 Å². The zero-order valence-electron chi connectivity index (χ0n) is 17.1. The van der Waals surface area contributed by atoms with E-state index in [0.29, 0.717) is 23.8 Å². The molecule has 0 heterocycles. The zero-order chi connectivity index (χ0) is 20.1. The number of carbonyl (C=O) groups is 1. The van der Waals surface area contributed by atoms with Gasteiger partial charge in [-0.3, -0.25) is 0 Å². The molecular weight excluding hydrogens is 346 g/mol. The summed E-state index contributed by atoms with van der Waals surface area (Å²) < 4.78 is 15.6. The van der Waals surface area contributed by atoms with E-state index in [-0.39, 0.29) is 0 Å². The Morgan fingerprint density at radius 1 is 1.22 bits per heavy atom. The molecule has 0 saturated carbocycles. The fourth-order valence-corrected chi connectivity index (χ4v) is 2.34. The molecule has 0 unspecified atom stereocenters. The Bertz CT molecular complexity index is 603. The maximum atomic E-state index is 11.9. The highest BCUT2D eigenvalue weighted by atomic mass is 16.5. The minimum atomic E-state index is -0.427. The van der Waals surface area contributed by atoms with E-state index in [1.54, 1.807) is 12.1 Å². The number of hydrogen-bond acceptors (Lipinski definition) is 5. The fourth-order valence-electron chi connectivity index (χ4n) is 2.34. The van der Waals surface area contributed by atoms with Crippen molar-refractivity contribution in [3.8, 4) is 5.75 Å². The number of methoxy groups -OCH3 is 2. The molecule has 0 aliphatic rings. The van der Waals surface area contributed by atoms with Crippen molar-refractivity contribution in [2.24, 2.45) is 10.9 Å². The molecule has 1 aromatic carbocycles. The largest absolute Gasteiger partial charge is 0.496 e. The number of esters is 1. The number of ether oxygens (including phenoxy) is 3. The maximum absolute atomic E-state index is 11.9. The van der Waals surface area contributed by atoms with Gasteiger partial charge in [0.1, 0.15) is 11.3 Å². The minimum Gasteiger partial charge on any atom is -0.496 e. The summed E-state index contributed by atoms with van der Waals surface area (Å²) in [4.78, 5) is 16.5. The number of hydrogen-bond donors (Lipinski definition) is 2. The second-order valence-electron chi connectivity index (χ2n) is 6.47. The Morgan fingerprint density at radius 3 is 2.63 bits per heavy atom. The third kappa shape index (κ3) is 8.77. The summed E-state index contributed by atoms with van der Waals surface area (Å²) >= 11 is 0. The van der Waals surface area contributed by atoms with Crippen LogP contribution in [0.1, 0.15) is 43.1 Å². The molecule has 0 aromatic heterocycles. The number of carbonyl (C=O) groups excluding carboxylic acids is 1. The van der Waals surface area contributed by atoms with Crippen molar-refractivity contribution >= 4 is 11.9 Å². The highest BCUT2D eigenvalue weighted by Gasteiger charge is 2.13. The first-order valence-electron chi connectivity index (χ1n) is 9.36. The molecule has 7 heteroatoms. The van der Waals surface area contributed by atoms with Crippen molar-refractivity contribution in [3.05, 3.63) is 29.3 Å². The average Bonchev–Trinajstić information content (AvgIpc) is 2.67. The van der Waals surface area contributed by atoms with Crippen molar-refractivity contribution in [3.63, 3.8) is 0 Å². The monoisotopic (exact) mass is 379 g/mol. The van der Waals surface area contributed by atoms with Crippen molar-refractivity contribution in [1.82, 2.24) is 10.6 Å².